The quantitative estimate of drug-likeness (QED) is 0.272. The number of benzene rings is 1. The largest absolute Gasteiger partial charge is 0.286 e. The van der Waals surface area contributed by atoms with Crippen molar-refractivity contribution >= 4 is 67.2 Å². The van der Waals surface area contributed by atoms with E-state index >= 15 is 0 Å². The van der Waals surface area contributed by atoms with Crippen LogP contribution in [0.25, 0.3) is 0 Å². The van der Waals surface area contributed by atoms with Gasteiger partial charge in [0.1, 0.15) is 6.54 Å². The van der Waals surface area contributed by atoms with Crippen molar-refractivity contribution < 1.29 is 17.5 Å². The van der Waals surface area contributed by atoms with Crippen molar-refractivity contribution in [2.24, 2.45) is 0 Å². The van der Waals surface area contributed by atoms with E-state index in [-0.39, 0.29) is 11.2 Å². The molecule has 4 nitrogen and oxygen atoms in total. The number of hydrogen-bond acceptors (Lipinski definition) is 2. The number of rotatable bonds is 5. The van der Waals surface area contributed by atoms with E-state index in [0.29, 0.717) is 6.42 Å². The van der Waals surface area contributed by atoms with Gasteiger partial charge in [-0.3, -0.25) is 4.55 Å². The molecule has 116 valence electrons. The molecule has 2 rings (SSSR count). The number of hydrogen-bond donors (Lipinski definition) is 1. The van der Waals surface area contributed by atoms with Crippen molar-refractivity contribution in [2.75, 3.05) is 12.3 Å². The fourth-order valence-electron chi connectivity index (χ4n) is 2.70. The molecule has 0 fully saturated rings. The van der Waals surface area contributed by atoms with E-state index in [2.05, 4.69) is 82.0 Å². The minimum Gasteiger partial charge on any atom is -0.286 e. The smallest absolute Gasteiger partial charge is 0.264 e. The van der Waals surface area contributed by atoms with Crippen LogP contribution in [0.4, 0.5) is 5.69 Å². The fourth-order valence-corrected chi connectivity index (χ4v) is 5.78. The van der Waals surface area contributed by atoms with Gasteiger partial charge >= 0.3 is 0 Å². The predicted molar refractivity (Wildman–Crippen MR) is 101 cm³/mol. The van der Waals surface area contributed by atoms with Gasteiger partial charge in [0, 0.05) is 19.6 Å². The van der Waals surface area contributed by atoms with Crippen LogP contribution in [0.5, 0.6) is 0 Å². The van der Waals surface area contributed by atoms with Crippen LogP contribution in [0.1, 0.15) is 32.3 Å². The Morgan fingerprint density at radius 1 is 1.24 bits per heavy atom. The summed E-state index contributed by atoms with van der Waals surface area (Å²) in [6.07, 6.45) is 3.41. The molecular weight excluding hydrogens is 516 g/mol. The molecule has 0 bridgehead atoms. The lowest BCUT2D eigenvalue weighted by Gasteiger charge is -2.13. The first kappa shape index (κ1) is 17.6. The Morgan fingerprint density at radius 2 is 1.90 bits per heavy atom. The summed E-state index contributed by atoms with van der Waals surface area (Å²) in [6.45, 7) is 5.15. The van der Waals surface area contributed by atoms with Gasteiger partial charge in [-0.05, 0) is 71.5 Å². The minimum absolute atomic E-state index is 0.0146. The Hall–Kier alpha value is 0.260. The Balaban J connectivity index is 2.17. The van der Waals surface area contributed by atoms with Crippen molar-refractivity contribution in [1.29, 1.82) is 0 Å². The van der Waals surface area contributed by atoms with Gasteiger partial charge in [0.2, 0.25) is 5.69 Å². The molecule has 0 aliphatic carbocycles. The second-order valence-corrected chi connectivity index (χ2v) is 9.80. The summed E-state index contributed by atoms with van der Waals surface area (Å²) in [5, 5.41) is 0. The summed E-state index contributed by atoms with van der Waals surface area (Å²) in [6, 6.07) is 4.35. The Bertz CT molecular complexity index is 696. The average Bonchev–Trinajstić information content (AvgIpc) is 2.55. The zero-order valence-corrected chi connectivity index (χ0v) is 17.1. The molecule has 1 aliphatic heterocycles. The molecular formula is C14H18I2NO3S+. The van der Waals surface area contributed by atoms with Crippen molar-refractivity contribution in [3.8, 4) is 0 Å². The second kappa shape index (κ2) is 6.40. The topological polar surface area (TPSA) is 57.4 Å². The molecule has 0 unspecified atom stereocenters. The molecule has 1 aromatic rings. The van der Waals surface area contributed by atoms with Gasteiger partial charge in [0.15, 0.2) is 6.21 Å². The molecule has 1 N–H and O–H groups in total. The predicted octanol–water partition coefficient (Wildman–Crippen LogP) is 3.57. The van der Waals surface area contributed by atoms with E-state index in [4.69, 9.17) is 4.55 Å². The fraction of sp³-hybridized carbons (Fsp3) is 0.500. The molecule has 0 saturated heterocycles. The number of halogens is 2. The van der Waals surface area contributed by atoms with Crippen molar-refractivity contribution in [3.63, 3.8) is 0 Å². The molecule has 0 spiro atoms. The van der Waals surface area contributed by atoms with Crippen LogP contribution in [-0.2, 0) is 15.5 Å². The van der Waals surface area contributed by atoms with Crippen molar-refractivity contribution in [3.05, 3.63) is 24.8 Å². The standard InChI is InChI=1S/C14H17I2NO3S/c1-14(2)9-17(5-3-4-6-21(18,19)20)12-8-10(15)7-11(16)13(12)14/h7-9H,3-6H2,1-2H3/p+1. The Labute approximate surface area is 153 Å². The Morgan fingerprint density at radius 3 is 2.52 bits per heavy atom. The first-order valence-corrected chi connectivity index (χ1v) is 10.4. The number of unbranched alkanes of at least 4 members (excludes halogenated alkanes) is 1. The van der Waals surface area contributed by atoms with E-state index in [0.717, 1.165) is 13.0 Å². The van der Waals surface area contributed by atoms with Gasteiger partial charge in [-0.2, -0.15) is 8.42 Å². The zero-order valence-electron chi connectivity index (χ0n) is 11.9. The van der Waals surface area contributed by atoms with Gasteiger partial charge in [-0.25, -0.2) is 4.58 Å². The summed E-state index contributed by atoms with van der Waals surface area (Å²) >= 11 is 4.70. The SMILES string of the molecule is CC1(C)C=[N+](CCCCS(=O)(=O)O)c2cc(I)cc(I)c21. The molecule has 0 atom stereocenters. The maximum absolute atomic E-state index is 10.8. The molecule has 0 amide bonds. The van der Waals surface area contributed by atoms with Crippen molar-refractivity contribution in [2.45, 2.75) is 32.1 Å². The molecule has 1 aromatic carbocycles. The lowest BCUT2D eigenvalue weighted by Crippen LogP contribution is -2.18. The number of nitrogens with zero attached hydrogens (tertiary/aromatic N) is 1. The van der Waals surface area contributed by atoms with E-state index < -0.39 is 10.1 Å². The van der Waals surface area contributed by atoms with Crippen LogP contribution in [0, 0.1) is 7.14 Å². The van der Waals surface area contributed by atoms with Crippen molar-refractivity contribution in [1.82, 2.24) is 0 Å². The molecule has 1 aliphatic rings. The minimum atomic E-state index is -3.85. The third kappa shape index (κ3) is 4.38. The highest BCUT2D eigenvalue weighted by Crippen LogP contribution is 2.40. The highest BCUT2D eigenvalue weighted by atomic mass is 127. The van der Waals surface area contributed by atoms with Gasteiger partial charge in [0.05, 0.1) is 16.7 Å². The van der Waals surface area contributed by atoms with Crippen LogP contribution in [0.15, 0.2) is 12.1 Å². The van der Waals surface area contributed by atoms with E-state index in [1.807, 2.05) is 0 Å². The lowest BCUT2D eigenvalue weighted by molar-refractivity contribution is -0.434. The Kier molecular flexibility index (Phi) is 5.37. The molecule has 0 radical (unpaired) electrons. The summed E-state index contributed by atoms with van der Waals surface area (Å²) in [4.78, 5) is 0. The van der Waals surface area contributed by atoms with E-state index in [1.54, 1.807) is 0 Å². The summed E-state index contributed by atoms with van der Waals surface area (Å²) in [5.41, 5.74) is 2.53. The average molecular weight is 534 g/mol. The second-order valence-electron chi connectivity index (χ2n) is 5.82. The van der Waals surface area contributed by atoms with Gasteiger partial charge in [-0.15, -0.1) is 0 Å². The summed E-state index contributed by atoms with van der Waals surface area (Å²) in [7, 11) is -3.85. The maximum atomic E-state index is 10.8. The first-order chi connectivity index (χ1) is 9.60. The van der Waals surface area contributed by atoms with E-state index in [1.165, 1.54) is 18.4 Å². The normalized spacial score (nSPS) is 16.7. The van der Waals surface area contributed by atoms with Gasteiger partial charge in [-0.1, -0.05) is 0 Å². The first-order valence-electron chi connectivity index (χ1n) is 6.67. The highest BCUT2D eigenvalue weighted by molar-refractivity contribution is 14.1. The highest BCUT2D eigenvalue weighted by Gasteiger charge is 2.39. The summed E-state index contributed by atoms with van der Waals surface area (Å²) < 4.78 is 34.9. The zero-order chi connectivity index (χ0) is 15.8. The molecule has 1 heterocycles. The van der Waals surface area contributed by atoms with Crippen LogP contribution in [0.3, 0.4) is 0 Å². The van der Waals surface area contributed by atoms with Crippen LogP contribution in [0.2, 0.25) is 0 Å². The monoisotopic (exact) mass is 534 g/mol. The van der Waals surface area contributed by atoms with Gasteiger partial charge in [0.25, 0.3) is 10.1 Å². The van der Waals surface area contributed by atoms with Crippen LogP contribution < -0.4 is 0 Å². The number of fused-ring (bicyclic) bond motifs is 1. The molecule has 0 aromatic heterocycles. The summed E-state index contributed by atoms with van der Waals surface area (Å²) in [5.74, 6) is -0.166. The third-order valence-electron chi connectivity index (χ3n) is 3.52. The van der Waals surface area contributed by atoms with E-state index in [9.17, 15) is 8.42 Å². The molecule has 0 saturated carbocycles. The molecule has 21 heavy (non-hydrogen) atoms. The van der Waals surface area contributed by atoms with Crippen LogP contribution in [-0.4, -0.2) is 36.1 Å². The molecule has 7 heteroatoms. The maximum Gasteiger partial charge on any atom is 0.264 e. The van der Waals surface area contributed by atoms with Gasteiger partial charge < -0.3 is 0 Å². The third-order valence-corrected chi connectivity index (χ3v) is 5.80. The van der Waals surface area contributed by atoms with Crippen LogP contribution >= 0.6 is 45.2 Å². The lowest BCUT2D eigenvalue weighted by atomic mass is 9.87.